The quantitative estimate of drug-likeness (QED) is 0.412. The summed E-state index contributed by atoms with van der Waals surface area (Å²) in [6.45, 7) is 4.37. The minimum Gasteiger partial charge on any atom is -0.496 e. The lowest BCUT2D eigenvalue weighted by Crippen LogP contribution is -2.51. The summed E-state index contributed by atoms with van der Waals surface area (Å²) in [5, 5.41) is 2.90. The Balaban J connectivity index is 1.91. The molecule has 0 saturated carbocycles. The monoisotopic (exact) mass is 490 g/mol. The molecule has 0 spiro atoms. The zero-order valence-electron chi connectivity index (χ0n) is 21.3. The zero-order chi connectivity index (χ0) is 25.9. The molecule has 7 heteroatoms. The Morgan fingerprint density at radius 2 is 1.50 bits per heavy atom. The summed E-state index contributed by atoms with van der Waals surface area (Å²) >= 11 is 0. The van der Waals surface area contributed by atoms with Crippen LogP contribution in [0.15, 0.2) is 72.8 Å². The van der Waals surface area contributed by atoms with Crippen LogP contribution in [0, 0.1) is 6.92 Å². The number of likely N-dealkylation sites (N-methyl/N-ethyl adjacent to an activating group) is 1. The van der Waals surface area contributed by atoms with E-state index in [0.29, 0.717) is 30.2 Å². The summed E-state index contributed by atoms with van der Waals surface area (Å²) < 4.78 is 16.5. The summed E-state index contributed by atoms with van der Waals surface area (Å²) in [4.78, 5) is 28.5. The Morgan fingerprint density at radius 1 is 0.889 bits per heavy atom. The van der Waals surface area contributed by atoms with Crippen LogP contribution in [0.25, 0.3) is 0 Å². The third-order valence-corrected chi connectivity index (χ3v) is 5.91. The van der Waals surface area contributed by atoms with E-state index in [-0.39, 0.29) is 25.0 Å². The van der Waals surface area contributed by atoms with E-state index in [1.807, 2.05) is 68.4 Å². The SMILES string of the molecule is CCNC(=O)C(Cc1ccccc1)N(Cc1ccccc1C)C(=O)COc1cc(OC)cc(OC)c1. The number of carbonyl (C=O) groups is 2. The number of aryl methyl sites for hydroxylation is 1. The number of benzene rings is 3. The fourth-order valence-electron chi connectivity index (χ4n) is 3.91. The first-order chi connectivity index (χ1) is 17.4. The molecule has 0 aliphatic carbocycles. The van der Waals surface area contributed by atoms with Crippen LogP contribution in [0.1, 0.15) is 23.6 Å². The summed E-state index contributed by atoms with van der Waals surface area (Å²) in [6, 6.07) is 22.0. The highest BCUT2D eigenvalue weighted by molar-refractivity contribution is 5.88. The van der Waals surface area contributed by atoms with E-state index in [9.17, 15) is 9.59 Å². The molecule has 1 unspecified atom stereocenters. The molecular formula is C29H34N2O5. The van der Waals surface area contributed by atoms with Crippen LogP contribution in [0.3, 0.4) is 0 Å². The van der Waals surface area contributed by atoms with E-state index in [1.54, 1.807) is 37.3 Å². The second-order valence-electron chi connectivity index (χ2n) is 8.39. The predicted molar refractivity (Wildman–Crippen MR) is 139 cm³/mol. The van der Waals surface area contributed by atoms with Gasteiger partial charge in [0.05, 0.1) is 14.2 Å². The first-order valence-electron chi connectivity index (χ1n) is 12.0. The molecular weight excluding hydrogens is 456 g/mol. The molecule has 0 radical (unpaired) electrons. The van der Waals surface area contributed by atoms with Gasteiger partial charge >= 0.3 is 0 Å². The van der Waals surface area contributed by atoms with E-state index < -0.39 is 6.04 Å². The number of rotatable bonds is 12. The molecule has 0 aliphatic heterocycles. The molecule has 3 aromatic rings. The number of methoxy groups -OCH3 is 2. The maximum atomic E-state index is 13.6. The van der Waals surface area contributed by atoms with Crippen LogP contribution >= 0.6 is 0 Å². The van der Waals surface area contributed by atoms with Gasteiger partial charge in [-0.2, -0.15) is 0 Å². The lowest BCUT2D eigenvalue weighted by Gasteiger charge is -2.32. The summed E-state index contributed by atoms with van der Waals surface area (Å²) in [5.41, 5.74) is 2.98. The Morgan fingerprint density at radius 3 is 2.11 bits per heavy atom. The fraction of sp³-hybridized carbons (Fsp3) is 0.310. The first kappa shape index (κ1) is 26.6. The maximum absolute atomic E-state index is 13.6. The van der Waals surface area contributed by atoms with Crippen LogP contribution in [0.5, 0.6) is 17.2 Å². The molecule has 7 nitrogen and oxygen atoms in total. The van der Waals surface area contributed by atoms with E-state index >= 15 is 0 Å². The van der Waals surface area contributed by atoms with Crippen molar-refractivity contribution in [2.75, 3.05) is 27.4 Å². The second-order valence-corrected chi connectivity index (χ2v) is 8.39. The number of ether oxygens (including phenoxy) is 3. The van der Waals surface area contributed by atoms with E-state index in [2.05, 4.69) is 5.32 Å². The molecule has 3 aromatic carbocycles. The molecule has 2 amide bonds. The molecule has 0 saturated heterocycles. The second kappa shape index (κ2) is 13.2. The van der Waals surface area contributed by atoms with Gasteiger partial charge in [-0.15, -0.1) is 0 Å². The van der Waals surface area contributed by atoms with Gasteiger partial charge in [-0.05, 0) is 30.5 Å². The Labute approximate surface area is 213 Å². The molecule has 190 valence electrons. The van der Waals surface area contributed by atoms with Gasteiger partial charge in [0.15, 0.2) is 6.61 Å². The lowest BCUT2D eigenvalue weighted by atomic mass is 10.0. The Bertz CT molecular complexity index is 1130. The summed E-state index contributed by atoms with van der Waals surface area (Å²) in [5.74, 6) is 1.04. The number of hydrogen-bond acceptors (Lipinski definition) is 5. The lowest BCUT2D eigenvalue weighted by molar-refractivity contribution is -0.142. The van der Waals surface area contributed by atoms with Crippen molar-refractivity contribution < 1.29 is 23.8 Å². The van der Waals surface area contributed by atoms with Crippen molar-refractivity contribution in [2.45, 2.75) is 32.9 Å². The van der Waals surface area contributed by atoms with E-state index in [4.69, 9.17) is 14.2 Å². The molecule has 36 heavy (non-hydrogen) atoms. The molecule has 0 heterocycles. The summed E-state index contributed by atoms with van der Waals surface area (Å²) in [7, 11) is 3.10. The van der Waals surface area contributed by atoms with Gasteiger partial charge in [0.2, 0.25) is 5.91 Å². The van der Waals surface area contributed by atoms with Gasteiger partial charge < -0.3 is 24.4 Å². The highest BCUT2D eigenvalue weighted by atomic mass is 16.5. The van der Waals surface area contributed by atoms with Crippen molar-refractivity contribution in [2.24, 2.45) is 0 Å². The van der Waals surface area contributed by atoms with Gasteiger partial charge in [-0.25, -0.2) is 0 Å². The highest BCUT2D eigenvalue weighted by Crippen LogP contribution is 2.27. The Hall–Kier alpha value is -4.00. The number of hydrogen-bond donors (Lipinski definition) is 1. The fourth-order valence-corrected chi connectivity index (χ4v) is 3.91. The molecule has 3 rings (SSSR count). The number of nitrogens with zero attached hydrogens (tertiary/aromatic N) is 1. The molecule has 0 fully saturated rings. The highest BCUT2D eigenvalue weighted by Gasteiger charge is 2.30. The molecule has 1 N–H and O–H groups in total. The van der Waals surface area contributed by atoms with Crippen LogP contribution in [-0.2, 0) is 22.6 Å². The van der Waals surface area contributed by atoms with Crippen molar-refractivity contribution in [1.29, 1.82) is 0 Å². The van der Waals surface area contributed by atoms with Crippen molar-refractivity contribution in [3.63, 3.8) is 0 Å². The van der Waals surface area contributed by atoms with Crippen LogP contribution < -0.4 is 19.5 Å². The largest absolute Gasteiger partial charge is 0.496 e. The van der Waals surface area contributed by atoms with Crippen molar-refractivity contribution in [1.82, 2.24) is 10.2 Å². The van der Waals surface area contributed by atoms with Gasteiger partial charge in [0, 0.05) is 37.7 Å². The van der Waals surface area contributed by atoms with Gasteiger partial charge in [-0.1, -0.05) is 54.6 Å². The number of carbonyl (C=O) groups excluding carboxylic acids is 2. The standard InChI is InChI=1S/C29H34N2O5/c1-5-30-29(33)27(15-22-12-7-6-8-13-22)31(19-23-14-10-9-11-21(23)2)28(32)20-36-26-17-24(34-3)16-25(18-26)35-4/h6-14,16-18,27H,5,15,19-20H2,1-4H3,(H,30,33). The third-order valence-electron chi connectivity index (χ3n) is 5.91. The Kier molecular flexibility index (Phi) is 9.74. The average molecular weight is 491 g/mol. The summed E-state index contributed by atoms with van der Waals surface area (Å²) in [6.07, 6.45) is 0.386. The van der Waals surface area contributed by atoms with Gasteiger partial charge in [0.1, 0.15) is 23.3 Å². The van der Waals surface area contributed by atoms with Crippen LogP contribution in [-0.4, -0.2) is 50.1 Å². The minimum absolute atomic E-state index is 0.202. The third kappa shape index (κ3) is 7.25. The molecule has 1 atom stereocenters. The molecule has 0 aliphatic rings. The predicted octanol–water partition coefficient (Wildman–Crippen LogP) is 4.17. The number of nitrogens with one attached hydrogen (secondary N) is 1. The van der Waals surface area contributed by atoms with Gasteiger partial charge in [-0.3, -0.25) is 9.59 Å². The zero-order valence-corrected chi connectivity index (χ0v) is 21.3. The van der Waals surface area contributed by atoms with E-state index in [0.717, 1.165) is 16.7 Å². The van der Waals surface area contributed by atoms with Crippen molar-refractivity contribution in [3.8, 4) is 17.2 Å². The smallest absolute Gasteiger partial charge is 0.261 e. The normalized spacial score (nSPS) is 11.3. The topological polar surface area (TPSA) is 77.1 Å². The maximum Gasteiger partial charge on any atom is 0.261 e. The van der Waals surface area contributed by atoms with Crippen molar-refractivity contribution >= 4 is 11.8 Å². The average Bonchev–Trinajstić information content (AvgIpc) is 2.90. The molecule has 0 bridgehead atoms. The van der Waals surface area contributed by atoms with Crippen LogP contribution in [0.4, 0.5) is 0 Å². The van der Waals surface area contributed by atoms with Gasteiger partial charge in [0.25, 0.3) is 5.91 Å². The van der Waals surface area contributed by atoms with E-state index in [1.165, 1.54) is 0 Å². The minimum atomic E-state index is -0.706. The van der Waals surface area contributed by atoms with Crippen molar-refractivity contribution in [3.05, 3.63) is 89.5 Å². The number of amides is 2. The first-order valence-corrected chi connectivity index (χ1v) is 12.0. The molecule has 0 aromatic heterocycles. The van der Waals surface area contributed by atoms with Crippen LogP contribution in [0.2, 0.25) is 0 Å².